The fourth-order valence-electron chi connectivity index (χ4n) is 1.65. The highest BCUT2D eigenvalue weighted by atomic mass is 32.1. The second-order valence-electron chi connectivity index (χ2n) is 3.80. The van der Waals surface area contributed by atoms with Gasteiger partial charge in [-0.25, -0.2) is 0 Å². The molecule has 2 nitrogen and oxygen atoms in total. The van der Waals surface area contributed by atoms with Crippen LogP contribution in [-0.4, -0.2) is 31.6 Å². The molecule has 0 amide bonds. The van der Waals surface area contributed by atoms with E-state index in [2.05, 4.69) is 34.8 Å². The summed E-state index contributed by atoms with van der Waals surface area (Å²) >= 11 is 1.85. The minimum absolute atomic E-state index is 0.880. The monoisotopic (exact) mass is 196 g/mol. The van der Waals surface area contributed by atoms with Crippen LogP contribution in [0.15, 0.2) is 17.5 Å². The lowest BCUT2D eigenvalue weighted by molar-refractivity contribution is 0.220. The Morgan fingerprint density at radius 2 is 2.46 bits per heavy atom. The van der Waals surface area contributed by atoms with Gasteiger partial charge in [-0.15, -0.1) is 11.3 Å². The summed E-state index contributed by atoms with van der Waals surface area (Å²) in [6, 6.07) is 4.33. The second kappa shape index (κ2) is 4.22. The molecule has 3 heteroatoms. The van der Waals surface area contributed by atoms with Crippen LogP contribution in [0.3, 0.4) is 0 Å². The Bertz CT molecular complexity index is 241. The fraction of sp³-hybridized carbons (Fsp3) is 0.600. The van der Waals surface area contributed by atoms with Gasteiger partial charge in [0.05, 0.1) is 0 Å². The normalized spacial score (nSPS) is 17.7. The van der Waals surface area contributed by atoms with Crippen molar-refractivity contribution >= 4 is 11.3 Å². The number of hydrogen-bond acceptors (Lipinski definition) is 3. The molecule has 1 aliphatic rings. The lowest BCUT2D eigenvalue weighted by Gasteiger charge is -2.31. The fourth-order valence-corrected chi connectivity index (χ4v) is 2.44. The number of hydrogen-bond donors (Lipinski definition) is 1. The molecule has 2 heterocycles. The first-order valence-corrected chi connectivity index (χ1v) is 5.64. The lowest BCUT2D eigenvalue weighted by Crippen LogP contribution is -2.47. The number of nitrogens with zero attached hydrogens (tertiary/aromatic N) is 1. The summed E-state index contributed by atoms with van der Waals surface area (Å²) in [4.78, 5) is 3.88. The van der Waals surface area contributed by atoms with Gasteiger partial charge >= 0.3 is 0 Å². The lowest BCUT2D eigenvalue weighted by atomic mass is 10.0. The number of nitrogens with one attached hydrogen (secondary N) is 1. The molecule has 0 aromatic carbocycles. The molecule has 0 unspecified atom stereocenters. The van der Waals surface area contributed by atoms with Crippen LogP contribution >= 0.6 is 11.3 Å². The topological polar surface area (TPSA) is 15.3 Å². The van der Waals surface area contributed by atoms with E-state index >= 15 is 0 Å². The molecule has 2 rings (SSSR count). The van der Waals surface area contributed by atoms with Gasteiger partial charge < -0.3 is 10.2 Å². The van der Waals surface area contributed by atoms with Crippen molar-refractivity contribution in [3.8, 4) is 0 Å². The molecule has 1 aliphatic heterocycles. The first-order chi connectivity index (χ1) is 6.34. The Balaban J connectivity index is 1.74. The van der Waals surface area contributed by atoms with Crippen LogP contribution < -0.4 is 5.32 Å². The highest BCUT2D eigenvalue weighted by Crippen LogP contribution is 2.12. The molecule has 1 aromatic rings. The van der Waals surface area contributed by atoms with E-state index in [9.17, 15) is 0 Å². The molecule has 0 atom stereocenters. The third kappa shape index (κ3) is 2.53. The third-order valence-electron chi connectivity index (χ3n) is 2.44. The summed E-state index contributed by atoms with van der Waals surface area (Å²) in [5.41, 5.74) is 0. The van der Waals surface area contributed by atoms with E-state index in [1.807, 2.05) is 11.3 Å². The predicted octanol–water partition coefficient (Wildman–Crippen LogP) is 1.40. The van der Waals surface area contributed by atoms with Crippen molar-refractivity contribution in [3.05, 3.63) is 22.4 Å². The van der Waals surface area contributed by atoms with Gasteiger partial charge in [-0.2, -0.15) is 0 Å². The zero-order chi connectivity index (χ0) is 9.10. The molecule has 0 aliphatic carbocycles. The largest absolute Gasteiger partial charge is 0.316 e. The van der Waals surface area contributed by atoms with Crippen LogP contribution in [0.25, 0.3) is 0 Å². The minimum Gasteiger partial charge on any atom is -0.316 e. The van der Waals surface area contributed by atoms with Gasteiger partial charge in [0.2, 0.25) is 0 Å². The zero-order valence-electron chi connectivity index (χ0n) is 7.99. The van der Waals surface area contributed by atoms with Crippen molar-refractivity contribution in [2.45, 2.75) is 6.54 Å². The van der Waals surface area contributed by atoms with Gasteiger partial charge in [-0.05, 0) is 24.4 Å². The SMILES string of the molecule is CN(Cc1cccs1)CC1CNC1. The first-order valence-electron chi connectivity index (χ1n) is 4.76. The van der Waals surface area contributed by atoms with E-state index in [0.29, 0.717) is 0 Å². The summed E-state index contributed by atoms with van der Waals surface area (Å²) in [6.45, 7) is 4.74. The molecule has 0 spiro atoms. The van der Waals surface area contributed by atoms with Crippen molar-refractivity contribution in [2.75, 3.05) is 26.7 Å². The first kappa shape index (κ1) is 9.19. The average molecular weight is 196 g/mol. The molecule has 0 bridgehead atoms. The molecule has 1 N–H and O–H groups in total. The van der Waals surface area contributed by atoms with Crippen molar-refractivity contribution < 1.29 is 0 Å². The summed E-state index contributed by atoms with van der Waals surface area (Å²) < 4.78 is 0. The molecule has 72 valence electrons. The standard InChI is InChI=1S/C10H16N2S/c1-12(7-9-5-11-6-9)8-10-3-2-4-13-10/h2-4,9,11H,5-8H2,1H3. The van der Waals surface area contributed by atoms with Crippen LogP contribution in [0.5, 0.6) is 0 Å². The maximum Gasteiger partial charge on any atom is 0.0324 e. The van der Waals surface area contributed by atoms with Crippen molar-refractivity contribution in [3.63, 3.8) is 0 Å². The maximum atomic E-state index is 3.30. The quantitative estimate of drug-likeness (QED) is 0.783. The van der Waals surface area contributed by atoms with Gasteiger partial charge in [0.25, 0.3) is 0 Å². The van der Waals surface area contributed by atoms with E-state index in [1.54, 1.807) is 0 Å². The molecule has 1 saturated heterocycles. The average Bonchev–Trinajstić information content (AvgIpc) is 2.49. The highest BCUT2D eigenvalue weighted by molar-refractivity contribution is 7.09. The Labute approximate surface area is 83.6 Å². The van der Waals surface area contributed by atoms with Crippen LogP contribution in [-0.2, 0) is 6.54 Å². The summed E-state index contributed by atoms with van der Waals surface area (Å²) in [5.74, 6) is 0.880. The summed E-state index contributed by atoms with van der Waals surface area (Å²) in [7, 11) is 2.21. The summed E-state index contributed by atoms with van der Waals surface area (Å²) in [5, 5.41) is 5.45. The van der Waals surface area contributed by atoms with E-state index < -0.39 is 0 Å². The molecule has 13 heavy (non-hydrogen) atoms. The number of rotatable bonds is 4. The van der Waals surface area contributed by atoms with Crippen molar-refractivity contribution in [1.29, 1.82) is 0 Å². The van der Waals surface area contributed by atoms with E-state index in [4.69, 9.17) is 0 Å². The highest BCUT2D eigenvalue weighted by Gasteiger charge is 2.18. The Hall–Kier alpha value is -0.380. The molecule has 0 saturated carbocycles. The second-order valence-corrected chi connectivity index (χ2v) is 4.83. The van der Waals surface area contributed by atoms with Gasteiger partial charge in [-0.3, -0.25) is 0 Å². The predicted molar refractivity (Wildman–Crippen MR) is 57.0 cm³/mol. The van der Waals surface area contributed by atoms with Crippen LogP contribution in [0, 0.1) is 5.92 Å². The Morgan fingerprint density at radius 1 is 1.62 bits per heavy atom. The minimum atomic E-state index is 0.880. The molecule has 1 fully saturated rings. The van der Waals surface area contributed by atoms with Crippen molar-refractivity contribution in [2.24, 2.45) is 5.92 Å². The van der Waals surface area contributed by atoms with E-state index in [1.165, 1.54) is 24.5 Å². The van der Waals surface area contributed by atoms with Crippen LogP contribution in [0.2, 0.25) is 0 Å². The maximum absolute atomic E-state index is 3.30. The molecule has 0 radical (unpaired) electrons. The van der Waals surface area contributed by atoms with Gasteiger partial charge in [0, 0.05) is 31.1 Å². The van der Waals surface area contributed by atoms with Gasteiger partial charge in [0.1, 0.15) is 0 Å². The summed E-state index contributed by atoms with van der Waals surface area (Å²) in [6.07, 6.45) is 0. The van der Waals surface area contributed by atoms with Crippen LogP contribution in [0.4, 0.5) is 0 Å². The van der Waals surface area contributed by atoms with Gasteiger partial charge in [-0.1, -0.05) is 6.07 Å². The van der Waals surface area contributed by atoms with Gasteiger partial charge in [0.15, 0.2) is 0 Å². The number of thiophene rings is 1. The third-order valence-corrected chi connectivity index (χ3v) is 3.30. The zero-order valence-corrected chi connectivity index (χ0v) is 8.81. The van der Waals surface area contributed by atoms with E-state index in [-0.39, 0.29) is 0 Å². The van der Waals surface area contributed by atoms with Crippen LogP contribution in [0.1, 0.15) is 4.88 Å². The van der Waals surface area contributed by atoms with E-state index in [0.717, 1.165) is 12.5 Å². The Kier molecular flexibility index (Phi) is 2.98. The molecule has 1 aromatic heterocycles. The molecular weight excluding hydrogens is 180 g/mol. The van der Waals surface area contributed by atoms with Crippen molar-refractivity contribution in [1.82, 2.24) is 10.2 Å². The smallest absolute Gasteiger partial charge is 0.0324 e. The molecular formula is C10H16N2S. The Morgan fingerprint density at radius 3 is 3.00 bits per heavy atom.